The summed E-state index contributed by atoms with van der Waals surface area (Å²) >= 11 is 0. The molecule has 0 fully saturated rings. The maximum absolute atomic E-state index is 8.63. The van der Waals surface area contributed by atoms with Crippen molar-refractivity contribution in [1.29, 1.82) is 10.8 Å². The average molecular weight is 195 g/mol. The van der Waals surface area contributed by atoms with Gasteiger partial charge in [0.05, 0.1) is 0 Å². The van der Waals surface area contributed by atoms with Gasteiger partial charge >= 0.3 is 0 Å². The van der Waals surface area contributed by atoms with E-state index in [2.05, 4.69) is 0 Å². The lowest BCUT2D eigenvalue weighted by Crippen LogP contribution is -2.39. The Hall–Kier alpha value is -2.24. The lowest BCUT2D eigenvalue weighted by Gasteiger charge is -1.95. The first kappa shape index (κ1) is 11.8. The van der Waals surface area contributed by atoms with Crippen LogP contribution in [0.5, 0.6) is 5.75 Å². The van der Waals surface area contributed by atoms with Crippen molar-refractivity contribution in [3.63, 3.8) is 0 Å². The van der Waals surface area contributed by atoms with Gasteiger partial charge in [0.2, 0.25) is 0 Å². The molecule has 14 heavy (non-hydrogen) atoms. The van der Waals surface area contributed by atoms with Gasteiger partial charge in [-0.1, -0.05) is 18.2 Å². The van der Waals surface area contributed by atoms with Crippen LogP contribution < -0.4 is 16.8 Å². The summed E-state index contributed by atoms with van der Waals surface area (Å²) in [4.78, 5) is 0. The molecule has 0 spiro atoms. The fourth-order valence-electron chi connectivity index (χ4n) is 0.573. The zero-order chi connectivity index (χ0) is 11.0. The maximum atomic E-state index is 8.63. The number of phenols is 1. The molecule has 1 rings (SSSR count). The number of benzene rings is 1. The monoisotopic (exact) mass is 195 g/mol. The number of hydrogen-bond donors (Lipinski definition) is 6. The van der Waals surface area contributed by atoms with Gasteiger partial charge in [0, 0.05) is 0 Å². The Kier molecular flexibility index (Phi) is 5.29. The van der Waals surface area contributed by atoms with Gasteiger partial charge in [0.1, 0.15) is 5.75 Å². The maximum Gasteiger partial charge on any atom is 0.192 e. The molecule has 0 saturated heterocycles. The number of rotatable bonds is 0. The van der Waals surface area contributed by atoms with Crippen LogP contribution in [0.15, 0.2) is 30.3 Å². The van der Waals surface area contributed by atoms with Gasteiger partial charge in [0.25, 0.3) is 0 Å². The van der Waals surface area contributed by atoms with Crippen LogP contribution in [0.25, 0.3) is 0 Å². The van der Waals surface area contributed by atoms with Gasteiger partial charge in [-0.25, -0.2) is 0 Å². The summed E-state index contributed by atoms with van der Waals surface area (Å²) in [5, 5.41) is 23.6. The number of nitrogens with two attached hydrogens (primary N) is 2. The summed E-state index contributed by atoms with van der Waals surface area (Å²) in [6.07, 6.45) is 0. The van der Waals surface area contributed by atoms with Gasteiger partial charge in [-0.05, 0) is 12.1 Å². The summed E-state index contributed by atoms with van der Waals surface area (Å²) in [6, 6.07) is 8.71. The highest BCUT2D eigenvalue weighted by atomic mass is 16.3. The predicted octanol–water partition coefficient (Wildman–Crippen LogP) is -0.245. The first-order valence-corrected chi connectivity index (χ1v) is 3.71. The molecule has 0 amide bonds. The van der Waals surface area contributed by atoms with Crippen molar-refractivity contribution in [2.45, 2.75) is 0 Å². The standard InChI is InChI=1S/C6H6O.C2H7N5/c7-6-4-2-1-3-5-6;3-1(4)7-2(5)6/h1-5,7H;(H7,3,4,5,6,7). The van der Waals surface area contributed by atoms with E-state index in [1.165, 1.54) is 0 Å². The smallest absolute Gasteiger partial charge is 0.192 e. The van der Waals surface area contributed by atoms with Crippen LogP contribution >= 0.6 is 0 Å². The molecule has 0 heterocycles. The molecule has 0 aliphatic carbocycles. The number of phenolic OH excluding ortho intramolecular Hbond substituents is 1. The van der Waals surface area contributed by atoms with Crippen LogP contribution in [-0.4, -0.2) is 17.0 Å². The Bertz CT molecular complexity index is 286. The lowest BCUT2D eigenvalue weighted by molar-refractivity contribution is 0.475. The lowest BCUT2D eigenvalue weighted by atomic mass is 10.3. The van der Waals surface area contributed by atoms with Gasteiger partial charge in [-0.3, -0.25) is 16.1 Å². The van der Waals surface area contributed by atoms with Crippen LogP contribution in [0.3, 0.4) is 0 Å². The zero-order valence-electron chi connectivity index (χ0n) is 7.49. The number of nitrogens with one attached hydrogen (secondary N) is 3. The molecule has 0 bridgehead atoms. The summed E-state index contributed by atoms with van der Waals surface area (Å²) in [5.41, 5.74) is 9.49. The first-order chi connectivity index (χ1) is 6.52. The summed E-state index contributed by atoms with van der Waals surface area (Å²) < 4.78 is 0. The minimum absolute atomic E-state index is 0.312. The fraction of sp³-hybridized carbons (Fsp3) is 0. The quantitative estimate of drug-likeness (QED) is 0.251. The SMILES string of the molecule is N=C(N)NC(=N)N.Oc1ccccc1. The fourth-order valence-corrected chi connectivity index (χ4v) is 0.573. The van der Waals surface area contributed by atoms with Crippen LogP contribution in [0.4, 0.5) is 0 Å². The van der Waals surface area contributed by atoms with E-state index in [4.69, 9.17) is 27.4 Å². The van der Waals surface area contributed by atoms with E-state index in [-0.39, 0.29) is 11.9 Å². The van der Waals surface area contributed by atoms with Crippen LogP contribution in [0.2, 0.25) is 0 Å². The molecule has 0 unspecified atom stereocenters. The van der Waals surface area contributed by atoms with E-state index < -0.39 is 0 Å². The van der Waals surface area contributed by atoms with E-state index >= 15 is 0 Å². The molecule has 0 radical (unpaired) electrons. The van der Waals surface area contributed by atoms with E-state index in [1.807, 2.05) is 11.4 Å². The van der Waals surface area contributed by atoms with E-state index in [9.17, 15) is 0 Å². The van der Waals surface area contributed by atoms with Gasteiger partial charge in [0.15, 0.2) is 11.9 Å². The van der Waals surface area contributed by atoms with Gasteiger partial charge in [-0.15, -0.1) is 0 Å². The van der Waals surface area contributed by atoms with E-state index in [0.29, 0.717) is 5.75 Å². The highest BCUT2D eigenvalue weighted by molar-refractivity contribution is 5.93. The molecule has 1 aromatic carbocycles. The second-order valence-electron chi connectivity index (χ2n) is 2.29. The number of guanidine groups is 2. The normalized spacial score (nSPS) is 8.00. The zero-order valence-corrected chi connectivity index (χ0v) is 7.49. The van der Waals surface area contributed by atoms with Crippen molar-refractivity contribution < 1.29 is 5.11 Å². The third kappa shape index (κ3) is 7.86. The van der Waals surface area contributed by atoms with E-state index in [0.717, 1.165) is 0 Å². The first-order valence-electron chi connectivity index (χ1n) is 3.71. The molecule has 6 heteroatoms. The van der Waals surface area contributed by atoms with Gasteiger partial charge in [-0.2, -0.15) is 0 Å². The van der Waals surface area contributed by atoms with Crippen LogP contribution in [-0.2, 0) is 0 Å². The van der Waals surface area contributed by atoms with Crippen LogP contribution in [0.1, 0.15) is 0 Å². The molecule has 0 atom stereocenters. The van der Waals surface area contributed by atoms with Crippen molar-refractivity contribution in [2.75, 3.05) is 0 Å². The van der Waals surface area contributed by atoms with Crippen molar-refractivity contribution in [3.8, 4) is 5.75 Å². The molecule has 0 saturated carbocycles. The Morgan fingerprint density at radius 2 is 1.50 bits per heavy atom. The number of para-hydroxylation sites is 1. The molecule has 0 aromatic heterocycles. The second kappa shape index (κ2) is 6.30. The third-order valence-corrected chi connectivity index (χ3v) is 1.03. The molecule has 76 valence electrons. The molecule has 6 nitrogen and oxygen atoms in total. The molecule has 0 aliphatic heterocycles. The Balaban J connectivity index is 0.000000241. The second-order valence-corrected chi connectivity index (χ2v) is 2.29. The summed E-state index contributed by atoms with van der Waals surface area (Å²) in [6.45, 7) is 0. The van der Waals surface area contributed by atoms with Crippen LogP contribution in [0, 0.1) is 10.8 Å². The van der Waals surface area contributed by atoms with Crippen molar-refractivity contribution in [2.24, 2.45) is 11.5 Å². The van der Waals surface area contributed by atoms with Crippen molar-refractivity contribution in [1.82, 2.24) is 5.32 Å². The molecular formula is C8H13N5O. The number of hydrogen-bond acceptors (Lipinski definition) is 3. The van der Waals surface area contributed by atoms with Crippen molar-refractivity contribution >= 4 is 11.9 Å². The molecular weight excluding hydrogens is 182 g/mol. The highest BCUT2D eigenvalue weighted by Gasteiger charge is 1.83. The molecule has 0 aliphatic rings. The highest BCUT2D eigenvalue weighted by Crippen LogP contribution is 2.02. The summed E-state index contributed by atoms with van der Waals surface area (Å²) in [7, 11) is 0. The Labute approximate surface area is 81.6 Å². The van der Waals surface area contributed by atoms with E-state index in [1.54, 1.807) is 24.3 Å². The minimum atomic E-state index is -0.312. The minimum Gasteiger partial charge on any atom is -0.508 e. The largest absolute Gasteiger partial charge is 0.508 e. The Morgan fingerprint density at radius 3 is 1.64 bits per heavy atom. The summed E-state index contributed by atoms with van der Waals surface area (Å²) in [5.74, 6) is -0.303. The average Bonchev–Trinajstić information content (AvgIpc) is 2.03. The van der Waals surface area contributed by atoms with Crippen molar-refractivity contribution in [3.05, 3.63) is 30.3 Å². The topological polar surface area (TPSA) is 132 Å². The van der Waals surface area contributed by atoms with Gasteiger partial charge < -0.3 is 16.6 Å². The number of aromatic hydroxyl groups is 1. The predicted molar refractivity (Wildman–Crippen MR) is 55.1 cm³/mol. The molecule has 1 aromatic rings. The Morgan fingerprint density at radius 1 is 1.07 bits per heavy atom. The molecule has 8 N–H and O–H groups in total. The third-order valence-electron chi connectivity index (χ3n) is 1.03.